The minimum atomic E-state index is -0.464. The van der Waals surface area contributed by atoms with E-state index in [2.05, 4.69) is 0 Å². The molecular weight excluding hydrogens is 504 g/mol. The Morgan fingerprint density at radius 3 is 2.21 bits per heavy atom. The van der Waals surface area contributed by atoms with Crippen molar-refractivity contribution in [1.82, 2.24) is 4.90 Å². The van der Waals surface area contributed by atoms with Crippen molar-refractivity contribution >= 4 is 11.6 Å². The zero-order chi connectivity index (χ0) is 27.9. The molecule has 1 aliphatic rings. The molecule has 0 aromatic heterocycles. The van der Waals surface area contributed by atoms with E-state index < -0.39 is 11.0 Å². The van der Waals surface area contributed by atoms with Crippen LogP contribution in [0.25, 0.3) is 0 Å². The van der Waals surface area contributed by atoms with Gasteiger partial charge in [0.15, 0.2) is 23.0 Å². The number of carbonyl (C=O) groups excluding carboxylic acids is 1. The number of nitro benzene ring substituents is 1. The van der Waals surface area contributed by atoms with E-state index in [1.54, 1.807) is 49.5 Å². The quantitative estimate of drug-likeness (QED) is 0.242. The molecule has 39 heavy (non-hydrogen) atoms. The van der Waals surface area contributed by atoms with Crippen molar-refractivity contribution in [2.75, 3.05) is 40.6 Å². The van der Waals surface area contributed by atoms with Crippen LogP contribution in [-0.2, 0) is 6.42 Å². The van der Waals surface area contributed by atoms with Gasteiger partial charge in [-0.05, 0) is 73.9 Å². The van der Waals surface area contributed by atoms with E-state index in [1.165, 1.54) is 12.1 Å². The average Bonchev–Trinajstić information content (AvgIpc) is 2.96. The first-order chi connectivity index (χ1) is 18.9. The maximum atomic E-state index is 13.9. The summed E-state index contributed by atoms with van der Waals surface area (Å²) in [6, 6.07) is 14.4. The summed E-state index contributed by atoms with van der Waals surface area (Å²) in [4.78, 5) is 26.2. The standard InChI is InChI=1S/C29H32N2O8/c1-5-37-25-12-7-20(16-28(25)38-6-2)29(32)30-14-13-19-15-26(35-3)27(36-4)17-23(19)24(30)18-39-22-10-8-21(9-11-22)31(33)34/h7-12,15-17,24H,5-6,13-14,18H2,1-4H3/t24-/m1/s1. The van der Waals surface area contributed by atoms with Crippen LogP contribution in [0.5, 0.6) is 28.7 Å². The summed E-state index contributed by atoms with van der Waals surface area (Å²) in [5, 5.41) is 11.0. The molecule has 0 fully saturated rings. The fourth-order valence-electron chi connectivity index (χ4n) is 4.64. The highest BCUT2D eigenvalue weighted by atomic mass is 16.6. The summed E-state index contributed by atoms with van der Waals surface area (Å²) in [6.07, 6.45) is 0.616. The molecule has 206 valence electrons. The van der Waals surface area contributed by atoms with Crippen LogP contribution in [0, 0.1) is 10.1 Å². The van der Waals surface area contributed by atoms with Gasteiger partial charge in [0.25, 0.3) is 11.6 Å². The zero-order valence-corrected chi connectivity index (χ0v) is 22.5. The van der Waals surface area contributed by atoms with Crippen LogP contribution in [-0.4, -0.2) is 56.3 Å². The van der Waals surface area contributed by atoms with Crippen LogP contribution in [0.1, 0.15) is 41.4 Å². The van der Waals surface area contributed by atoms with Crippen molar-refractivity contribution in [3.63, 3.8) is 0 Å². The lowest BCUT2D eigenvalue weighted by Crippen LogP contribution is -2.42. The maximum absolute atomic E-state index is 13.9. The van der Waals surface area contributed by atoms with Crippen LogP contribution in [0.15, 0.2) is 54.6 Å². The summed E-state index contributed by atoms with van der Waals surface area (Å²) < 4.78 is 28.5. The van der Waals surface area contributed by atoms with Crippen molar-refractivity contribution in [3.05, 3.63) is 81.4 Å². The second-order valence-electron chi connectivity index (χ2n) is 8.76. The molecule has 0 saturated carbocycles. The summed E-state index contributed by atoms with van der Waals surface area (Å²) in [5.74, 6) is 2.52. The Balaban J connectivity index is 1.69. The Kier molecular flexibility index (Phi) is 8.75. The third-order valence-electron chi connectivity index (χ3n) is 6.51. The van der Waals surface area contributed by atoms with Crippen LogP contribution in [0.3, 0.4) is 0 Å². The van der Waals surface area contributed by atoms with Crippen molar-refractivity contribution in [2.24, 2.45) is 0 Å². The minimum absolute atomic E-state index is 0.0281. The molecular formula is C29H32N2O8. The number of carbonyl (C=O) groups is 1. The van der Waals surface area contributed by atoms with Crippen LogP contribution < -0.4 is 23.7 Å². The molecule has 3 aromatic carbocycles. The highest BCUT2D eigenvalue weighted by Gasteiger charge is 2.34. The fourth-order valence-corrected chi connectivity index (χ4v) is 4.64. The molecule has 1 aliphatic heterocycles. The van der Waals surface area contributed by atoms with Gasteiger partial charge >= 0.3 is 0 Å². The van der Waals surface area contributed by atoms with E-state index in [0.717, 1.165) is 11.1 Å². The lowest BCUT2D eigenvalue weighted by molar-refractivity contribution is -0.384. The second kappa shape index (κ2) is 12.4. The molecule has 0 N–H and O–H groups in total. The lowest BCUT2D eigenvalue weighted by atomic mass is 9.91. The van der Waals surface area contributed by atoms with E-state index in [-0.39, 0.29) is 18.2 Å². The number of non-ortho nitro benzene ring substituents is 1. The number of hydrogen-bond donors (Lipinski definition) is 0. The third kappa shape index (κ3) is 6.00. The number of nitrogens with zero attached hydrogens (tertiary/aromatic N) is 2. The number of amides is 1. The predicted molar refractivity (Wildman–Crippen MR) is 144 cm³/mol. The molecule has 0 bridgehead atoms. The molecule has 3 aromatic rings. The Hall–Kier alpha value is -4.47. The van der Waals surface area contributed by atoms with Gasteiger partial charge in [-0.15, -0.1) is 0 Å². The minimum Gasteiger partial charge on any atom is -0.493 e. The summed E-state index contributed by atoms with van der Waals surface area (Å²) in [6.45, 7) is 5.25. The molecule has 4 rings (SSSR count). The second-order valence-corrected chi connectivity index (χ2v) is 8.76. The van der Waals surface area contributed by atoms with Gasteiger partial charge in [0.05, 0.1) is 38.4 Å². The Bertz CT molecular complexity index is 1330. The summed E-state index contributed by atoms with van der Waals surface area (Å²) in [7, 11) is 3.15. The monoisotopic (exact) mass is 536 g/mol. The number of nitro groups is 1. The number of ether oxygens (including phenoxy) is 5. The van der Waals surface area contributed by atoms with E-state index >= 15 is 0 Å². The molecule has 1 atom stereocenters. The maximum Gasteiger partial charge on any atom is 0.269 e. The normalized spacial score (nSPS) is 14.3. The molecule has 0 saturated heterocycles. The topological polar surface area (TPSA) is 110 Å². The Labute approximate surface area is 227 Å². The van der Waals surface area contributed by atoms with Crippen molar-refractivity contribution < 1.29 is 33.4 Å². The smallest absolute Gasteiger partial charge is 0.269 e. The van der Waals surface area contributed by atoms with E-state index in [0.29, 0.717) is 60.5 Å². The number of methoxy groups -OCH3 is 2. The summed E-state index contributed by atoms with van der Waals surface area (Å²) >= 11 is 0. The largest absolute Gasteiger partial charge is 0.493 e. The first kappa shape index (κ1) is 27.6. The first-order valence-corrected chi connectivity index (χ1v) is 12.7. The van der Waals surface area contributed by atoms with Gasteiger partial charge in [-0.3, -0.25) is 14.9 Å². The lowest BCUT2D eigenvalue weighted by Gasteiger charge is -2.37. The summed E-state index contributed by atoms with van der Waals surface area (Å²) in [5.41, 5.74) is 2.34. The van der Waals surface area contributed by atoms with Crippen LogP contribution >= 0.6 is 0 Å². The Morgan fingerprint density at radius 2 is 1.56 bits per heavy atom. The number of rotatable bonds is 11. The van der Waals surface area contributed by atoms with Gasteiger partial charge in [-0.2, -0.15) is 0 Å². The average molecular weight is 537 g/mol. The molecule has 0 spiro atoms. The molecule has 0 radical (unpaired) electrons. The van der Waals surface area contributed by atoms with Gasteiger partial charge in [-0.25, -0.2) is 0 Å². The number of benzene rings is 3. The SMILES string of the molecule is CCOc1ccc(C(=O)N2CCc3cc(OC)c(OC)cc3[C@H]2COc2ccc([N+](=O)[O-])cc2)cc1OCC. The predicted octanol–water partition coefficient (Wildman–Crippen LogP) is 5.23. The molecule has 0 unspecified atom stereocenters. The molecule has 10 heteroatoms. The van der Waals surface area contributed by atoms with Crippen molar-refractivity contribution in [3.8, 4) is 28.7 Å². The molecule has 10 nitrogen and oxygen atoms in total. The molecule has 0 aliphatic carbocycles. The van der Waals surface area contributed by atoms with Gasteiger partial charge in [0.2, 0.25) is 0 Å². The van der Waals surface area contributed by atoms with Gasteiger partial charge in [0, 0.05) is 24.2 Å². The van der Waals surface area contributed by atoms with Gasteiger partial charge in [0.1, 0.15) is 12.4 Å². The third-order valence-corrected chi connectivity index (χ3v) is 6.51. The first-order valence-electron chi connectivity index (χ1n) is 12.7. The van der Waals surface area contributed by atoms with E-state index in [1.807, 2.05) is 26.0 Å². The van der Waals surface area contributed by atoms with Crippen LogP contribution in [0.4, 0.5) is 5.69 Å². The van der Waals surface area contributed by atoms with Crippen molar-refractivity contribution in [2.45, 2.75) is 26.3 Å². The number of fused-ring (bicyclic) bond motifs is 1. The zero-order valence-electron chi connectivity index (χ0n) is 22.5. The molecule has 1 amide bonds. The fraction of sp³-hybridized carbons (Fsp3) is 0.345. The van der Waals surface area contributed by atoms with E-state index in [4.69, 9.17) is 23.7 Å². The molecule has 1 heterocycles. The number of hydrogen-bond acceptors (Lipinski definition) is 8. The Morgan fingerprint density at radius 1 is 0.897 bits per heavy atom. The highest BCUT2D eigenvalue weighted by Crippen LogP contribution is 2.39. The van der Waals surface area contributed by atoms with Crippen molar-refractivity contribution in [1.29, 1.82) is 0 Å². The van der Waals surface area contributed by atoms with Gasteiger partial charge in [-0.1, -0.05) is 0 Å². The van der Waals surface area contributed by atoms with E-state index in [9.17, 15) is 14.9 Å². The highest BCUT2D eigenvalue weighted by molar-refractivity contribution is 5.95. The van der Waals surface area contributed by atoms with Crippen LogP contribution in [0.2, 0.25) is 0 Å². The van der Waals surface area contributed by atoms with Gasteiger partial charge < -0.3 is 28.6 Å².